The van der Waals surface area contributed by atoms with E-state index in [9.17, 15) is 4.79 Å². The van der Waals surface area contributed by atoms with Crippen LogP contribution in [0.5, 0.6) is 0 Å². The second-order valence-corrected chi connectivity index (χ2v) is 7.83. The summed E-state index contributed by atoms with van der Waals surface area (Å²) >= 11 is 4.23. The van der Waals surface area contributed by atoms with E-state index in [0.29, 0.717) is 12.2 Å². The molecule has 1 heterocycles. The van der Waals surface area contributed by atoms with E-state index in [1.165, 1.54) is 37.2 Å². The van der Waals surface area contributed by atoms with Crippen LogP contribution in [-0.4, -0.2) is 21.9 Å². The van der Waals surface area contributed by atoms with Crippen molar-refractivity contribution in [3.05, 3.63) is 35.9 Å². The third-order valence-corrected chi connectivity index (χ3v) is 6.55. The van der Waals surface area contributed by atoms with E-state index in [1.54, 1.807) is 0 Å². The fourth-order valence-corrected chi connectivity index (χ4v) is 5.22. The number of carbonyl (C=O) groups excluding carboxylic acids is 1. The first kappa shape index (κ1) is 15.0. The van der Waals surface area contributed by atoms with Crippen LogP contribution in [0.3, 0.4) is 0 Å². The van der Waals surface area contributed by atoms with Crippen LogP contribution in [0.2, 0.25) is 0 Å². The molecule has 0 atom stereocenters. The fourth-order valence-electron chi connectivity index (χ4n) is 2.29. The minimum atomic E-state index is 0.294. The van der Waals surface area contributed by atoms with Crippen molar-refractivity contribution in [2.45, 2.75) is 43.1 Å². The Morgan fingerprint density at radius 2 is 1.68 bits per heavy atom. The van der Waals surface area contributed by atoms with Crippen LogP contribution < -0.4 is 0 Å². The molecule has 1 fully saturated rings. The van der Waals surface area contributed by atoms with Crippen molar-refractivity contribution in [1.29, 1.82) is 0 Å². The van der Waals surface area contributed by atoms with Crippen molar-refractivity contribution in [2.24, 2.45) is 0 Å². The molecule has 0 saturated carbocycles. The first-order valence-corrected chi connectivity index (χ1v) is 9.27. The number of benzene rings is 1. The molecule has 0 aliphatic carbocycles. The molecule has 104 valence electrons. The van der Waals surface area contributed by atoms with Crippen molar-refractivity contribution in [2.75, 3.05) is 11.5 Å². The van der Waals surface area contributed by atoms with Gasteiger partial charge in [-0.3, -0.25) is 4.79 Å². The van der Waals surface area contributed by atoms with Gasteiger partial charge in [-0.05, 0) is 12.8 Å². The Balaban J connectivity index is 1.51. The zero-order valence-electron chi connectivity index (χ0n) is 11.3. The van der Waals surface area contributed by atoms with Crippen LogP contribution in [0.25, 0.3) is 0 Å². The molecule has 0 bridgehead atoms. The molecule has 0 unspecified atom stereocenters. The molecule has 0 aromatic heterocycles. The highest BCUT2D eigenvalue weighted by molar-refractivity contribution is 8.20. The minimum absolute atomic E-state index is 0.294. The van der Waals surface area contributed by atoms with Gasteiger partial charge in [-0.1, -0.05) is 49.6 Å². The molecule has 2 rings (SSSR count). The van der Waals surface area contributed by atoms with Crippen molar-refractivity contribution in [3.8, 4) is 0 Å². The van der Waals surface area contributed by atoms with Crippen LogP contribution in [0, 0.1) is 0 Å². The summed E-state index contributed by atoms with van der Waals surface area (Å²) in [4.78, 5) is 11.9. The average Bonchev–Trinajstić information content (AvgIpc) is 2.96. The van der Waals surface area contributed by atoms with Crippen LogP contribution in [0.4, 0.5) is 0 Å². The first-order valence-electron chi connectivity index (χ1n) is 7.18. The molecule has 0 N–H and O–H groups in total. The normalized spacial score (nSPS) is 15.8. The van der Waals surface area contributed by atoms with Crippen LogP contribution in [0.1, 0.15) is 48.9 Å². The molecule has 19 heavy (non-hydrogen) atoms. The quantitative estimate of drug-likeness (QED) is 0.495. The van der Waals surface area contributed by atoms with E-state index in [4.69, 9.17) is 0 Å². The molecular weight excluding hydrogens is 272 g/mol. The van der Waals surface area contributed by atoms with Gasteiger partial charge in [0, 0.05) is 23.5 Å². The van der Waals surface area contributed by atoms with E-state index in [0.717, 1.165) is 16.6 Å². The van der Waals surface area contributed by atoms with Gasteiger partial charge in [0.1, 0.15) is 0 Å². The lowest BCUT2D eigenvalue weighted by molar-refractivity contribution is 0.0979. The molecule has 0 amide bonds. The third-order valence-electron chi connectivity index (χ3n) is 3.38. The molecule has 0 spiro atoms. The number of hydrogen-bond donors (Lipinski definition) is 0. The number of carbonyl (C=O) groups is 1. The van der Waals surface area contributed by atoms with Crippen LogP contribution in [0.15, 0.2) is 30.3 Å². The lowest BCUT2D eigenvalue weighted by Gasteiger charge is -2.06. The Hall–Kier alpha value is -0.410. The lowest BCUT2D eigenvalue weighted by atomic mass is 10.0. The third kappa shape index (κ3) is 5.62. The SMILES string of the molecule is O=C(CCCCCCC1SCCS1)c1ccccc1. The van der Waals surface area contributed by atoms with Gasteiger partial charge in [-0.25, -0.2) is 0 Å². The summed E-state index contributed by atoms with van der Waals surface area (Å²) in [5.74, 6) is 2.96. The Kier molecular flexibility index (Phi) is 6.86. The fraction of sp³-hybridized carbons (Fsp3) is 0.562. The first-order chi connectivity index (χ1) is 9.36. The largest absolute Gasteiger partial charge is 0.294 e. The van der Waals surface area contributed by atoms with E-state index in [1.807, 2.05) is 30.3 Å². The summed E-state index contributed by atoms with van der Waals surface area (Å²) in [6, 6.07) is 9.65. The monoisotopic (exact) mass is 294 g/mol. The zero-order chi connectivity index (χ0) is 13.3. The van der Waals surface area contributed by atoms with E-state index in [-0.39, 0.29) is 0 Å². The van der Waals surface area contributed by atoms with Gasteiger partial charge in [0.2, 0.25) is 0 Å². The number of Topliss-reactive ketones (excluding diaryl/α,β-unsaturated/α-hetero) is 1. The lowest BCUT2D eigenvalue weighted by Crippen LogP contribution is -1.98. The van der Waals surface area contributed by atoms with Gasteiger partial charge >= 0.3 is 0 Å². The van der Waals surface area contributed by atoms with Gasteiger partial charge in [0.05, 0.1) is 4.58 Å². The predicted molar refractivity (Wildman–Crippen MR) is 87.2 cm³/mol. The van der Waals surface area contributed by atoms with Crippen LogP contribution >= 0.6 is 23.5 Å². The Bertz CT molecular complexity index is 372. The van der Waals surface area contributed by atoms with Crippen molar-refractivity contribution in [3.63, 3.8) is 0 Å². The van der Waals surface area contributed by atoms with E-state index < -0.39 is 0 Å². The van der Waals surface area contributed by atoms with E-state index in [2.05, 4.69) is 23.5 Å². The van der Waals surface area contributed by atoms with Crippen LogP contribution in [-0.2, 0) is 0 Å². The molecule has 1 aromatic rings. The maximum Gasteiger partial charge on any atom is 0.162 e. The number of rotatable bonds is 8. The number of unbranched alkanes of at least 4 members (excludes halogenated alkanes) is 3. The minimum Gasteiger partial charge on any atom is -0.294 e. The summed E-state index contributed by atoms with van der Waals surface area (Å²) < 4.78 is 0.853. The summed E-state index contributed by atoms with van der Waals surface area (Å²) in [6.07, 6.45) is 6.89. The topological polar surface area (TPSA) is 17.1 Å². The second kappa shape index (κ2) is 8.70. The summed E-state index contributed by atoms with van der Waals surface area (Å²) in [5, 5.41) is 0. The van der Waals surface area contributed by atoms with Gasteiger partial charge in [-0.2, -0.15) is 0 Å². The Labute approximate surface area is 124 Å². The smallest absolute Gasteiger partial charge is 0.162 e. The maximum absolute atomic E-state index is 11.9. The molecule has 1 aliphatic rings. The van der Waals surface area contributed by atoms with Crippen molar-refractivity contribution in [1.82, 2.24) is 0 Å². The molecule has 1 saturated heterocycles. The molecular formula is C16H22OS2. The standard InChI is InChI=1S/C16H22OS2/c17-15(14-8-4-3-5-9-14)10-6-1-2-7-11-16-18-12-13-19-16/h3-5,8-9,16H,1-2,6-7,10-13H2. The molecule has 1 aromatic carbocycles. The number of hydrogen-bond acceptors (Lipinski definition) is 3. The molecule has 3 heteroatoms. The second-order valence-electron chi connectivity index (χ2n) is 4.91. The van der Waals surface area contributed by atoms with Gasteiger partial charge in [-0.15, -0.1) is 23.5 Å². The maximum atomic E-state index is 11.9. The van der Waals surface area contributed by atoms with Gasteiger partial charge < -0.3 is 0 Å². The van der Waals surface area contributed by atoms with Gasteiger partial charge in [0.15, 0.2) is 5.78 Å². The average molecular weight is 294 g/mol. The van der Waals surface area contributed by atoms with Crippen molar-refractivity contribution < 1.29 is 4.79 Å². The number of thioether (sulfide) groups is 2. The Morgan fingerprint density at radius 1 is 1.00 bits per heavy atom. The van der Waals surface area contributed by atoms with Gasteiger partial charge in [0.25, 0.3) is 0 Å². The Morgan fingerprint density at radius 3 is 2.42 bits per heavy atom. The summed E-state index contributed by atoms with van der Waals surface area (Å²) in [7, 11) is 0. The zero-order valence-corrected chi connectivity index (χ0v) is 13.0. The van der Waals surface area contributed by atoms with Crippen molar-refractivity contribution >= 4 is 29.3 Å². The summed E-state index contributed by atoms with van der Waals surface area (Å²) in [5.41, 5.74) is 0.862. The predicted octanol–water partition coefficient (Wildman–Crippen LogP) is 5.02. The summed E-state index contributed by atoms with van der Waals surface area (Å²) in [6.45, 7) is 0. The number of ketones is 1. The molecule has 1 nitrogen and oxygen atoms in total. The highest BCUT2D eigenvalue weighted by atomic mass is 32.2. The highest BCUT2D eigenvalue weighted by Crippen LogP contribution is 2.35. The molecule has 1 aliphatic heterocycles. The highest BCUT2D eigenvalue weighted by Gasteiger charge is 2.14. The van der Waals surface area contributed by atoms with E-state index >= 15 is 0 Å². The molecule has 0 radical (unpaired) electrons.